The van der Waals surface area contributed by atoms with Crippen molar-refractivity contribution in [1.82, 2.24) is 0 Å². The van der Waals surface area contributed by atoms with E-state index < -0.39 is 0 Å². The van der Waals surface area contributed by atoms with E-state index in [0.29, 0.717) is 6.54 Å². The van der Waals surface area contributed by atoms with Crippen molar-refractivity contribution in [3.8, 4) is 0 Å². The van der Waals surface area contributed by atoms with E-state index >= 15 is 0 Å². The Morgan fingerprint density at radius 3 is 2.71 bits per heavy atom. The van der Waals surface area contributed by atoms with Gasteiger partial charge >= 0.3 is 0 Å². The molecule has 7 heavy (non-hydrogen) atoms. The van der Waals surface area contributed by atoms with Gasteiger partial charge in [-0.1, -0.05) is 22.6 Å². The minimum absolute atomic E-state index is 0.0491. The number of nitrogens with zero attached hydrogens (tertiary/aromatic N) is 1. The fourth-order valence-corrected chi connectivity index (χ4v) is 0.447. The second kappa shape index (κ2) is 4.97. The predicted molar refractivity (Wildman–Crippen MR) is 43.6 cm³/mol. The minimum Gasteiger partial charge on any atom is -0.230 e. The number of rotatable bonds is 2. The van der Waals surface area contributed by atoms with Gasteiger partial charge in [0.05, 0.1) is 11.7 Å². The highest BCUT2D eigenvalue weighted by Crippen LogP contribution is 2.04. The Morgan fingerprint density at radius 2 is 2.57 bits per heavy atom. The molecule has 1 unspecified atom stereocenters. The summed E-state index contributed by atoms with van der Waals surface area (Å²) >= 11 is 11.8. The lowest BCUT2D eigenvalue weighted by Crippen LogP contribution is -1.88. The summed E-state index contributed by atoms with van der Waals surface area (Å²) in [4.78, 5) is 3.60. The molecule has 0 bridgehead atoms. The van der Waals surface area contributed by atoms with Gasteiger partial charge in [-0.15, -0.1) is 11.6 Å². The van der Waals surface area contributed by atoms with Crippen molar-refractivity contribution in [1.29, 1.82) is 0 Å². The Morgan fingerprint density at radius 1 is 2.00 bits per heavy atom. The van der Waals surface area contributed by atoms with Crippen LogP contribution in [0.4, 0.5) is 0 Å². The molecule has 40 valence electrons. The molecule has 0 fully saturated rings. The topological polar surface area (TPSA) is 12.4 Å². The fourth-order valence-electron chi connectivity index (χ4n) is 0.106. The van der Waals surface area contributed by atoms with Gasteiger partial charge in [-0.25, -0.2) is 4.99 Å². The summed E-state index contributed by atoms with van der Waals surface area (Å²) in [7, 11) is 0. The molecule has 0 aromatic rings. The monoisotopic (exact) mass is 247 g/mol. The second-order valence-corrected chi connectivity index (χ2v) is 3.77. The van der Waals surface area contributed by atoms with E-state index in [1.54, 1.807) is 0 Å². The van der Waals surface area contributed by atoms with Gasteiger partial charge in [0.25, 0.3) is 0 Å². The Bertz CT molecular complexity index is 88.9. The van der Waals surface area contributed by atoms with Crippen molar-refractivity contribution in [3.63, 3.8) is 0 Å². The number of halogens is 2. The third-order valence-corrected chi connectivity index (χ3v) is 0.955. The van der Waals surface area contributed by atoms with E-state index in [-0.39, 0.29) is 3.38 Å². The van der Waals surface area contributed by atoms with Gasteiger partial charge in [0, 0.05) is 0 Å². The maximum atomic E-state index is 5.46. The maximum absolute atomic E-state index is 5.46. The predicted octanol–water partition coefficient (Wildman–Crippen LogP) is 2.09. The molecule has 0 saturated heterocycles. The molecule has 0 radical (unpaired) electrons. The molecule has 0 aliphatic carbocycles. The molecule has 0 saturated carbocycles. The van der Waals surface area contributed by atoms with Crippen molar-refractivity contribution in [2.45, 2.75) is 3.38 Å². The third kappa shape index (κ3) is 6.82. The molecular weight excluding hydrogens is 244 g/mol. The molecule has 0 aliphatic rings. The molecule has 0 aromatic heterocycles. The Balaban J connectivity index is 3.13. The Hall–Kier alpha value is 0.820. The average Bonchev–Trinajstić information content (AvgIpc) is 1.61. The van der Waals surface area contributed by atoms with E-state index in [9.17, 15) is 0 Å². The zero-order chi connectivity index (χ0) is 5.70. The van der Waals surface area contributed by atoms with Gasteiger partial charge in [0.15, 0.2) is 0 Å². The molecule has 0 aromatic carbocycles. The molecular formula is C3H3ClINS. The maximum Gasteiger partial charge on any atom is 0.105 e. The first kappa shape index (κ1) is 7.82. The number of alkyl halides is 2. The largest absolute Gasteiger partial charge is 0.230 e. The van der Waals surface area contributed by atoms with Crippen LogP contribution in [-0.4, -0.2) is 15.1 Å². The number of aliphatic imine (C=N–C) groups is 1. The summed E-state index contributed by atoms with van der Waals surface area (Å²) in [5, 5.41) is 2.22. The first-order chi connectivity index (χ1) is 3.27. The van der Waals surface area contributed by atoms with Crippen LogP contribution in [0.15, 0.2) is 4.99 Å². The Labute approximate surface area is 66.3 Å². The van der Waals surface area contributed by atoms with Gasteiger partial charge in [0.2, 0.25) is 0 Å². The standard InChI is InChI=1S/C3H3ClINS/c4-3(5)1-6-2-7/h3H,1H2. The highest BCUT2D eigenvalue weighted by molar-refractivity contribution is 14.1. The summed E-state index contributed by atoms with van der Waals surface area (Å²) in [5.74, 6) is 0. The second-order valence-electron chi connectivity index (χ2n) is 0.823. The van der Waals surface area contributed by atoms with E-state index in [0.717, 1.165) is 0 Å². The molecule has 0 rings (SSSR count). The van der Waals surface area contributed by atoms with Crippen molar-refractivity contribution < 1.29 is 0 Å². The van der Waals surface area contributed by atoms with Crippen LogP contribution < -0.4 is 0 Å². The molecule has 0 spiro atoms. The van der Waals surface area contributed by atoms with Crippen LogP contribution in [-0.2, 0) is 0 Å². The van der Waals surface area contributed by atoms with E-state index in [2.05, 4.69) is 45.0 Å². The molecule has 0 N–H and O–H groups in total. The molecule has 0 aliphatic heterocycles. The lowest BCUT2D eigenvalue weighted by atomic mass is 10.8. The summed E-state index contributed by atoms with van der Waals surface area (Å²) in [6, 6.07) is 0. The van der Waals surface area contributed by atoms with Crippen LogP contribution in [0.25, 0.3) is 0 Å². The van der Waals surface area contributed by atoms with E-state index in [1.165, 1.54) is 0 Å². The molecule has 0 heterocycles. The molecule has 1 nitrogen and oxygen atoms in total. The van der Waals surface area contributed by atoms with Gasteiger partial charge in [-0.05, 0) is 12.2 Å². The van der Waals surface area contributed by atoms with Gasteiger partial charge in [0.1, 0.15) is 3.38 Å². The van der Waals surface area contributed by atoms with Crippen molar-refractivity contribution in [2.24, 2.45) is 4.99 Å². The SMILES string of the molecule is S=C=NCC(Cl)I. The van der Waals surface area contributed by atoms with Gasteiger partial charge in [-0.2, -0.15) is 0 Å². The van der Waals surface area contributed by atoms with Gasteiger partial charge in [-0.3, -0.25) is 0 Å². The molecule has 4 heteroatoms. The number of isothiocyanates is 1. The lowest BCUT2D eigenvalue weighted by molar-refractivity contribution is 1.13. The summed E-state index contributed by atoms with van der Waals surface area (Å²) < 4.78 is 0.0491. The molecule has 0 amide bonds. The van der Waals surface area contributed by atoms with Crippen LogP contribution in [0.2, 0.25) is 0 Å². The summed E-state index contributed by atoms with van der Waals surface area (Å²) in [6.45, 7) is 0.561. The number of thiocarbonyl (C=S) groups is 1. The van der Waals surface area contributed by atoms with Crippen LogP contribution in [0, 0.1) is 0 Å². The number of hydrogen-bond donors (Lipinski definition) is 0. The van der Waals surface area contributed by atoms with Crippen LogP contribution in [0.1, 0.15) is 0 Å². The van der Waals surface area contributed by atoms with Gasteiger partial charge < -0.3 is 0 Å². The third-order valence-electron chi connectivity index (χ3n) is 0.294. The van der Waals surface area contributed by atoms with E-state index in [4.69, 9.17) is 11.6 Å². The summed E-state index contributed by atoms with van der Waals surface area (Å²) in [6.07, 6.45) is 0. The molecule has 1 atom stereocenters. The highest BCUT2D eigenvalue weighted by Gasteiger charge is 1.90. The van der Waals surface area contributed by atoms with Crippen LogP contribution >= 0.6 is 46.4 Å². The number of hydrogen-bond acceptors (Lipinski definition) is 2. The van der Waals surface area contributed by atoms with Crippen LogP contribution in [0.5, 0.6) is 0 Å². The average molecular weight is 247 g/mol. The lowest BCUT2D eigenvalue weighted by Gasteiger charge is -1.86. The normalized spacial score (nSPS) is 12.3. The minimum atomic E-state index is 0.0491. The first-order valence-corrected chi connectivity index (χ1v) is 3.68. The van der Waals surface area contributed by atoms with Crippen molar-refractivity contribution in [2.75, 3.05) is 6.54 Å². The zero-order valence-electron chi connectivity index (χ0n) is 3.40. The van der Waals surface area contributed by atoms with Crippen molar-refractivity contribution in [3.05, 3.63) is 0 Å². The highest BCUT2D eigenvalue weighted by atomic mass is 127. The quantitative estimate of drug-likeness (QED) is 0.315. The Kier molecular flexibility index (Phi) is 5.55. The first-order valence-electron chi connectivity index (χ1n) is 1.59. The van der Waals surface area contributed by atoms with Crippen molar-refractivity contribution >= 4 is 51.6 Å². The fraction of sp³-hybridized carbons (Fsp3) is 0.667. The van der Waals surface area contributed by atoms with Crippen LogP contribution in [0.3, 0.4) is 0 Å². The van der Waals surface area contributed by atoms with E-state index in [1.807, 2.05) is 0 Å². The zero-order valence-corrected chi connectivity index (χ0v) is 7.13. The summed E-state index contributed by atoms with van der Waals surface area (Å²) in [5.41, 5.74) is 0. The smallest absolute Gasteiger partial charge is 0.105 e.